The molecule has 0 N–H and O–H groups in total. The fourth-order valence-electron chi connectivity index (χ4n) is 4.81. The van der Waals surface area contributed by atoms with Crippen molar-refractivity contribution in [2.24, 2.45) is 16.7 Å². The van der Waals surface area contributed by atoms with Gasteiger partial charge < -0.3 is 9.64 Å². The first-order chi connectivity index (χ1) is 10.5. The molecule has 0 unspecified atom stereocenters. The first-order valence-electron chi connectivity index (χ1n) is 9.79. The number of fused-ring (bicyclic) bond motifs is 2. The van der Waals surface area contributed by atoms with E-state index in [0.29, 0.717) is 16.9 Å². The lowest BCUT2D eigenvalue weighted by atomic mass is 9.70. The van der Waals surface area contributed by atoms with Crippen LogP contribution in [0.3, 0.4) is 0 Å². The molecular formula is C20H39NO. The van der Waals surface area contributed by atoms with E-state index in [1.807, 2.05) is 0 Å². The van der Waals surface area contributed by atoms with Crippen molar-refractivity contribution < 1.29 is 4.74 Å². The number of rotatable bonds is 10. The minimum absolute atomic E-state index is 0.412. The van der Waals surface area contributed by atoms with E-state index >= 15 is 0 Å². The second-order valence-electron chi connectivity index (χ2n) is 8.52. The number of unbranched alkanes of at least 4 members (excludes halogenated alkanes) is 2. The second kappa shape index (κ2) is 7.66. The van der Waals surface area contributed by atoms with Crippen LogP contribution in [-0.2, 0) is 4.74 Å². The zero-order chi connectivity index (χ0) is 16.2. The van der Waals surface area contributed by atoms with Gasteiger partial charge in [0.15, 0.2) is 0 Å². The summed E-state index contributed by atoms with van der Waals surface area (Å²) in [5, 5.41) is 0. The Labute approximate surface area is 139 Å². The highest BCUT2D eigenvalue weighted by Gasteiger charge is 2.61. The Bertz CT molecular complexity index is 333. The topological polar surface area (TPSA) is 12.5 Å². The van der Waals surface area contributed by atoms with Crippen LogP contribution < -0.4 is 0 Å². The van der Waals surface area contributed by atoms with Gasteiger partial charge in [0.05, 0.1) is 12.7 Å². The fraction of sp³-hybridized carbons (Fsp3) is 1.00. The van der Waals surface area contributed by atoms with Gasteiger partial charge in [-0.3, -0.25) is 0 Å². The number of ether oxygens (including phenoxy) is 1. The molecule has 22 heavy (non-hydrogen) atoms. The lowest BCUT2D eigenvalue weighted by Crippen LogP contribution is -2.39. The van der Waals surface area contributed by atoms with Gasteiger partial charge in [0.25, 0.3) is 0 Å². The van der Waals surface area contributed by atoms with Crippen molar-refractivity contribution in [3.8, 4) is 0 Å². The third-order valence-corrected chi connectivity index (χ3v) is 7.10. The molecule has 2 aliphatic rings. The highest BCUT2D eigenvalue weighted by molar-refractivity contribution is 5.11. The van der Waals surface area contributed by atoms with Gasteiger partial charge in [0.2, 0.25) is 0 Å². The summed E-state index contributed by atoms with van der Waals surface area (Å²) in [5.74, 6) is 0.888. The second-order valence-corrected chi connectivity index (χ2v) is 8.52. The lowest BCUT2D eigenvalue weighted by Gasteiger charge is -2.39. The maximum atomic E-state index is 6.42. The number of nitrogens with zero attached hydrogens (tertiary/aromatic N) is 1. The van der Waals surface area contributed by atoms with Crippen LogP contribution in [0.25, 0.3) is 0 Å². The molecule has 0 aromatic carbocycles. The van der Waals surface area contributed by atoms with Gasteiger partial charge in [0, 0.05) is 6.54 Å². The van der Waals surface area contributed by atoms with Crippen molar-refractivity contribution in [2.45, 2.75) is 85.7 Å². The van der Waals surface area contributed by atoms with Crippen LogP contribution in [0.1, 0.15) is 79.6 Å². The molecule has 0 radical (unpaired) electrons. The third-order valence-electron chi connectivity index (χ3n) is 7.10. The largest absolute Gasteiger partial charge is 0.376 e. The Morgan fingerprint density at radius 1 is 1.00 bits per heavy atom. The van der Waals surface area contributed by atoms with Crippen molar-refractivity contribution >= 4 is 0 Å². The zero-order valence-electron chi connectivity index (χ0n) is 15.8. The van der Waals surface area contributed by atoms with Crippen LogP contribution in [0, 0.1) is 16.7 Å². The summed E-state index contributed by atoms with van der Waals surface area (Å²) in [6, 6.07) is 0. The maximum Gasteiger partial charge on any atom is 0.0637 e. The van der Waals surface area contributed by atoms with Crippen molar-refractivity contribution in [1.29, 1.82) is 0 Å². The first-order valence-corrected chi connectivity index (χ1v) is 9.79. The van der Waals surface area contributed by atoms with Gasteiger partial charge >= 0.3 is 0 Å². The highest BCUT2D eigenvalue weighted by Crippen LogP contribution is 2.66. The Balaban J connectivity index is 1.78. The predicted octanol–water partition coefficient (Wildman–Crippen LogP) is 5.12. The molecule has 0 aliphatic heterocycles. The van der Waals surface area contributed by atoms with Gasteiger partial charge in [0.1, 0.15) is 0 Å². The lowest BCUT2D eigenvalue weighted by molar-refractivity contribution is -0.0519. The molecule has 2 rings (SSSR count). The summed E-state index contributed by atoms with van der Waals surface area (Å²) in [6.45, 7) is 16.5. The number of hydrogen-bond donors (Lipinski definition) is 0. The van der Waals surface area contributed by atoms with Crippen LogP contribution in [0.5, 0.6) is 0 Å². The molecule has 2 aliphatic carbocycles. The molecule has 2 bridgehead atoms. The smallest absolute Gasteiger partial charge is 0.0637 e. The summed E-state index contributed by atoms with van der Waals surface area (Å²) >= 11 is 0. The van der Waals surface area contributed by atoms with E-state index in [4.69, 9.17) is 4.74 Å². The van der Waals surface area contributed by atoms with Crippen LogP contribution in [-0.4, -0.2) is 37.2 Å². The fourth-order valence-corrected chi connectivity index (χ4v) is 4.81. The molecular weight excluding hydrogens is 270 g/mol. The molecule has 2 saturated carbocycles. The Morgan fingerprint density at radius 3 is 2.09 bits per heavy atom. The van der Waals surface area contributed by atoms with Crippen molar-refractivity contribution in [1.82, 2.24) is 4.90 Å². The molecule has 3 atom stereocenters. The third kappa shape index (κ3) is 3.53. The van der Waals surface area contributed by atoms with Crippen LogP contribution in [0.4, 0.5) is 0 Å². The molecule has 0 aromatic heterocycles. The van der Waals surface area contributed by atoms with E-state index in [1.165, 1.54) is 58.0 Å². The van der Waals surface area contributed by atoms with Crippen LogP contribution in [0.15, 0.2) is 0 Å². The normalized spacial score (nSPS) is 33.0. The van der Waals surface area contributed by atoms with Gasteiger partial charge in [-0.25, -0.2) is 0 Å². The van der Waals surface area contributed by atoms with Crippen LogP contribution in [0.2, 0.25) is 0 Å². The monoisotopic (exact) mass is 309 g/mol. The van der Waals surface area contributed by atoms with Gasteiger partial charge in [-0.05, 0) is 61.9 Å². The van der Waals surface area contributed by atoms with Gasteiger partial charge in [-0.2, -0.15) is 0 Å². The van der Waals surface area contributed by atoms with E-state index in [2.05, 4.69) is 39.5 Å². The molecule has 0 aromatic rings. The summed E-state index contributed by atoms with van der Waals surface area (Å²) in [6.07, 6.45) is 9.81. The molecule has 0 spiro atoms. The summed E-state index contributed by atoms with van der Waals surface area (Å²) in [7, 11) is 0. The average Bonchev–Trinajstić information content (AvgIpc) is 2.82. The summed E-state index contributed by atoms with van der Waals surface area (Å²) in [5.41, 5.74) is 0.886. The van der Waals surface area contributed by atoms with E-state index in [-0.39, 0.29) is 0 Å². The van der Waals surface area contributed by atoms with E-state index in [1.54, 1.807) is 0 Å². The van der Waals surface area contributed by atoms with Crippen LogP contribution >= 0.6 is 0 Å². The standard InChI is InChI=1S/C20H39NO/c1-6-8-12-21(13-9-7-2)14-15-22-18-16-17-10-11-20(18,5)19(17,3)4/h17-18H,6-16H2,1-5H3/t17-,18+,20-/m0/s1. The molecule has 2 heteroatoms. The van der Waals surface area contributed by atoms with Gasteiger partial charge in [-0.1, -0.05) is 47.5 Å². The van der Waals surface area contributed by atoms with Crippen molar-refractivity contribution in [2.75, 3.05) is 26.2 Å². The molecule has 2 fully saturated rings. The molecule has 2 nitrogen and oxygen atoms in total. The molecule has 0 amide bonds. The zero-order valence-corrected chi connectivity index (χ0v) is 15.8. The Morgan fingerprint density at radius 2 is 1.64 bits per heavy atom. The summed E-state index contributed by atoms with van der Waals surface area (Å²) < 4.78 is 6.42. The SMILES string of the molecule is CCCCN(CCCC)CCO[C@@H]1C[C@@H]2CC[C@]1(C)C2(C)C. The minimum Gasteiger partial charge on any atom is -0.376 e. The maximum absolute atomic E-state index is 6.42. The van der Waals surface area contributed by atoms with Crippen molar-refractivity contribution in [3.05, 3.63) is 0 Å². The Kier molecular flexibility index (Phi) is 6.36. The van der Waals surface area contributed by atoms with E-state index in [9.17, 15) is 0 Å². The highest BCUT2D eigenvalue weighted by atomic mass is 16.5. The first kappa shape index (κ1) is 18.3. The molecule has 0 saturated heterocycles. The van der Waals surface area contributed by atoms with E-state index < -0.39 is 0 Å². The number of hydrogen-bond acceptors (Lipinski definition) is 2. The average molecular weight is 310 g/mol. The van der Waals surface area contributed by atoms with Crippen molar-refractivity contribution in [3.63, 3.8) is 0 Å². The molecule has 130 valence electrons. The summed E-state index contributed by atoms with van der Waals surface area (Å²) in [4.78, 5) is 2.62. The minimum atomic E-state index is 0.412. The predicted molar refractivity (Wildman–Crippen MR) is 95.2 cm³/mol. The molecule has 0 heterocycles. The quantitative estimate of drug-likeness (QED) is 0.555. The Hall–Kier alpha value is -0.0800. The van der Waals surface area contributed by atoms with Gasteiger partial charge in [-0.15, -0.1) is 0 Å². The van der Waals surface area contributed by atoms with E-state index in [0.717, 1.165) is 19.1 Å².